The first-order valence-corrected chi connectivity index (χ1v) is 6.31. The Labute approximate surface area is 102 Å². The van der Waals surface area contributed by atoms with Crippen LogP contribution in [0.15, 0.2) is 30.5 Å². The second-order valence-corrected chi connectivity index (χ2v) is 4.56. The fourth-order valence-electron chi connectivity index (χ4n) is 2.44. The molecule has 0 saturated carbocycles. The summed E-state index contributed by atoms with van der Waals surface area (Å²) in [4.78, 5) is 9.19. The molecule has 0 atom stereocenters. The van der Waals surface area contributed by atoms with Crippen LogP contribution in [0.2, 0.25) is 0 Å². The number of aryl methyl sites for hydroxylation is 3. The largest absolute Gasteiger partial charge is 0.255 e. The third-order valence-corrected chi connectivity index (χ3v) is 3.42. The molecule has 1 aliphatic heterocycles. The van der Waals surface area contributed by atoms with Crippen molar-refractivity contribution in [2.45, 2.75) is 32.6 Å². The highest BCUT2D eigenvalue weighted by Gasteiger charge is 2.10. The standard InChI is InChI=1S/C15H16N2/c1-2-12-6-7-14-15-10-11(8-9-16-15)4-3-5-13(12)17-14/h6-10H,2-5H2,1H3. The highest BCUT2D eigenvalue weighted by Crippen LogP contribution is 2.22. The summed E-state index contributed by atoms with van der Waals surface area (Å²) in [5.41, 5.74) is 6.03. The monoisotopic (exact) mass is 224 g/mol. The summed E-state index contributed by atoms with van der Waals surface area (Å²) in [7, 11) is 0. The number of nitrogens with zero attached hydrogens (tertiary/aromatic N) is 2. The van der Waals surface area contributed by atoms with Crippen LogP contribution in [0.25, 0.3) is 11.4 Å². The molecule has 2 nitrogen and oxygen atoms in total. The Hall–Kier alpha value is -1.70. The number of pyridine rings is 2. The lowest BCUT2D eigenvalue weighted by atomic mass is 10.0. The van der Waals surface area contributed by atoms with Crippen LogP contribution < -0.4 is 0 Å². The second kappa shape index (κ2) is 4.28. The van der Waals surface area contributed by atoms with Crippen LogP contribution >= 0.6 is 0 Å². The second-order valence-electron chi connectivity index (χ2n) is 4.56. The maximum Gasteiger partial charge on any atom is 0.0889 e. The van der Waals surface area contributed by atoms with Crippen LogP contribution in [0.1, 0.15) is 30.2 Å². The summed E-state index contributed by atoms with van der Waals surface area (Å²) in [5, 5.41) is 0. The first-order valence-electron chi connectivity index (χ1n) is 6.31. The molecule has 0 radical (unpaired) electrons. The van der Waals surface area contributed by atoms with Gasteiger partial charge in [0.25, 0.3) is 0 Å². The molecular weight excluding hydrogens is 208 g/mol. The number of rotatable bonds is 1. The van der Waals surface area contributed by atoms with E-state index in [0.29, 0.717) is 0 Å². The van der Waals surface area contributed by atoms with Crippen molar-refractivity contribution in [3.05, 3.63) is 47.3 Å². The molecule has 86 valence electrons. The van der Waals surface area contributed by atoms with Gasteiger partial charge in [-0.25, -0.2) is 0 Å². The molecule has 0 aromatic carbocycles. The number of hydrogen-bond acceptors (Lipinski definition) is 2. The van der Waals surface area contributed by atoms with Crippen LogP contribution in [-0.4, -0.2) is 9.97 Å². The zero-order valence-corrected chi connectivity index (χ0v) is 10.1. The highest BCUT2D eigenvalue weighted by molar-refractivity contribution is 5.56. The molecule has 17 heavy (non-hydrogen) atoms. The molecule has 0 saturated heterocycles. The normalized spacial score (nSPS) is 13.7. The topological polar surface area (TPSA) is 25.8 Å². The van der Waals surface area contributed by atoms with E-state index in [1.165, 1.54) is 23.2 Å². The van der Waals surface area contributed by atoms with Gasteiger partial charge in [0.1, 0.15) is 0 Å². The van der Waals surface area contributed by atoms with Gasteiger partial charge in [-0.15, -0.1) is 0 Å². The van der Waals surface area contributed by atoms with Gasteiger partial charge < -0.3 is 0 Å². The summed E-state index contributed by atoms with van der Waals surface area (Å²) in [6, 6.07) is 8.58. The molecule has 2 aromatic rings. The van der Waals surface area contributed by atoms with E-state index in [0.717, 1.165) is 30.7 Å². The average Bonchev–Trinajstić information content (AvgIpc) is 2.42. The van der Waals surface area contributed by atoms with Crippen molar-refractivity contribution in [2.24, 2.45) is 0 Å². The van der Waals surface area contributed by atoms with Gasteiger partial charge in [-0.3, -0.25) is 9.97 Å². The van der Waals surface area contributed by atoms with Gasteiger partial charge in [-0.05, 0) is 55.0 Å². The van der Waals surface area contributed by atoms with Crippen LogP contribution in [-0.2, 0) is 19.3 Å². The first kappa shape index (κ1) is 10.5. The first-order chi connectivity index (χ1) is 8.36. The zero-order valence-electron chi connectivity index (χ0n) is 10.1. The van der Waals surface area contributed by atoms with Gasteiger partial charge in [-0.1, -0.05) is 13.0 Å². The number of aromatic nitrogens is 2. The molecule has 1 aliphatic rings. The van der Waals surface area contributed by atoms with Gasteiger partial charge in [0, 0.05) is 11.9 Å². The van der Waals surface area contributed by atoms with E-state index in [2.05, 4.69) is 36.2 Å². The lowest BCUT2D eigenvalue weighted by Gasteiger charge is -2.07. The van der Waals surface area contributed by atoms with Gasteiger partial charge in [0.2, 0.25) is 0 Å². The molecule has 0 fully saturated rings. The minimum atomic E-state index is 1.01. The Bertz CT molecular complexity index is 546. The van der Waals surface area contributed by atoms with Crippen LogP contribution in [0, 0.1) is 0 Å². The highest BCUT2D eigenvalue weighted by atomic mass is 14.8. The lowest BCUT2D eigenvalue weighted by Crippen LogP contribution is -1.98. The SMILES string of the molecule is CCc1ccc2nc1CCCc1ccnc-2c1. The van der Waals surface area contributed by atoms with E-state index >= 15 is 0 Å². The third-order valence-electron chi connectivity index (χ3n) is 3.42. The quantitative estimate of drug-likeness (QED) is 0.743. The molecule has 4 bridgehead atoms. The molecular formula is C15H16N2. The molecule has 0 spiro atoms. The minimum Gasteiger partial charge on any atom is -0.255 e. The molecule has 2 heteroatoms. The predicted octanol–water partition coefficient (Wildman–Crippen LogP) is 3.19. The zero-order chi connectivity index (χ0) is 11.7. The van der Waals surface area contributed by atoms with E-state index in [1.807, 2.05) is 6.20 Å². The van der Waals surface area contributed by atoms with Gasteiger partial charge in [-0.2, -0.15) is 0 Å². The Kier molecular flexibility index (Phi) is 2.63. The van der Waals surface area contributed by atoms with Crippen LogP contribution in [0.3, 0.4) is 0 Å². The van der Waals surface area contributed by atoms with E-state index in [-0.39, 0.29) is 0 Å². The van der Waals surface area contributed by atoms with E-state index in [9.17, 15) is 0 Å². The van der Waals surface area contributed by atoms with Gasteiger partial charge in [0.05, 0.1) is 11.4 Å². The predicted molar refractivity (Wildman–Crippen MR) is 68.9 cm³/mol. The molecule has 0 amide bonds. The van der Waals surface area contributed by atoms with Crippen molar-refractivity contribution < 1.29 is 0 Å². The van der Waals surface area contributed by atoms with Crippen LogP contribution in [0.4, 0.5) is 0 Å². The van der Waals surface area contributed by atoms with E-state index in [4.69, 9.17) is 4.98 Å². The van der Waals surface area contributed by atoms with Gasteiger partial charge >= 0.3 is 0 Å². The average molecular weight is 224 g/mol. The summed E-state index contributed by atoms with van der Waals surface area (Å²) in [6.07, 6.45) is 6.33. The fourth-order valence-corrected chi connectivity index (χ4v) is 2.44. The van der Waals surface area contributed by atoms with Crippen molar-refractivity contribution >= 4 is 0 Å². The maximum atomic E-state index is 4.77. The lowest BCUT2D eigenvalue weighted by molar-refractivity contribution is 0.791. The molecule has 3 rings (SSSR count). The van der Waals surface area contributed by atoms with Crippen molar-refractivity contribution in [3.8, 4) is 11.4 Å². The van der Waals surface area contributed by atoms with E-state index in [1.54, 1.807) is 0 Å². The summed E-state index contributed by atoms with van der Waals surface area (Å²) in [5.74, 6) is 0. The molecule has 3 heterocycles. The van der Waals surface area contributed by atoms with Crippen molar-refractivity contribution in [1.82, 2.24) is 9.97 Å². The Morgan fingerprint density at radius 2 is 2.06 bits per heavy atom. The van der Waals surface area contributed by atoms with Crippen LogP contribution in [0.5, 0.6) is 0 Å². The van der Waals surface area contributed by atoms with Crippen molar-refractivity contribution in [3.63, 3.8) is 0 Å². The molecule has 2 aromatic heterocycles. The number of hydrogen-bond donors (Lipinski definition) is 0. The molecule has 0 N–H and O–H groups in total. The number of fused-ring (bicyclic) bond motifs is 5. The Balaban J connectivity index is 2.17. The fraction of sp³-hybridized carbons (Fsp3) is 0.333. The summed E-state index contributed by atoms with van der Waals surface area (Å²) >= 11 is 0. The minimum absolute atomic E-state index is 1.01. The van der Waals surface area contributed by atoms with Crippen molar-refractivity contribution in [2.75, 3.05) is 0 Å². The summed E-state index contributed by atoms with van der Waals surface area (Å²) in [6.45, 7) is 2.19. The Morgan fingerprint density at radius 3 is 2.94 bits per heavy atom. The third kappa shape index (κ3) is 1.95. The van der Waals surface area contributed by atoms with Gasteiger partial charge in [0.15, 0.2) is 0 Å². The smallest absolute Gasteiger partial charge is 0.0889 e. The summed E-state index contributed by atoms with van der Waals surface area (Å²) < 4.78 is 0. The van der Waals surface area contributed by atoms with Crippen molar-refractivity contribution in [1.29, 1.82) is 0 Å². The maximum absolute atomic E-state index is 4.77. The van der Waals surface area contributed by atoms with E-state index < -0.39 is 0 Å². The molecule has 0 aliphatic carbocycles. The molecule has 0 unspecified atom stereocenters. The Morgan fingerprint density at radius 1 is 1.12 bits per heavy atom.